The van der Waals surface area contributed by atoms with Gasteiger partial charge >= 0.3 is 12.3 Å². The molecular formula is C11H20F4N2. The minimum atomic E-state index is -3.89. The molecule has 102 valence electrons. The van der Waals surface area contributed by atoms with E-state index in [1.165, 1.54) is 4.90 Å². The molecule has 1 unspecified atom stereocenters. The molecule has 0 bridgehead atoms. The van der Waals surface area contributed by atoms with Gasteiger partial charge in [0.2, 0.25) is 0 Å². The van der Waals surface area contributed by atoms with Crippen LogP contribution in [0.2, 0.25) is 0 Å². The third kappa shape index (κ3) is 4.79. The summed E-state index contributed by atoms with van der Waals surface area (Å²) in [6, 6.07) is 0.304. The lowest BCUT2D eigenvalue weighted by Crippen LogP contribution is -2.46. The van der Waals surface area contributed by atoms with Crippen LogP contribution in [0, 0.1) is 0 Å². The number of rotatable bonds is 4. The minimum absolute atomic E-state index is 0.304. The van der Waals surface area contributed by atoms with Gasteiger partial charge in [0.25, 0.3) is 0 Å². The summed E-state index contributed by atoms with van der Waals surface area (Å²) >= 11 is 0. The Morgan fingerprint density at radius 3 is 2.65 bits per heavy atom. The Bertz CT molecular complexity index is 224. The van der Waals surface area contributed by atoms with Crippen LogP contribution in [0.5, 0.6) is 0 Å². The van der Waals surface area contributed by atoms with Crippen molar-refractivity contribution in [2.24, 2.45) is 0 Å². The third-order valence-corrected chi connectivity index (χ3v) is 3.12. The Morgan fingerprint density at radius 1 is 1.35 bits per heavy atom. The van der Waals surface area contributed by atoms with Gasteiger partial charge in [0, 0.05) is 6.04 Å². The van der Waals surface area contributed by atoms with Gasteiger partial charge in [0.15, 0.2) is 0 Å². The summed E-state index contributed by atoms with van der Waals surface area (Å²) in [6.07, 6.45) is -1.20. The van der Waals surface area contributed by atoms with Crippen LogP contribution in [0.3, 0.4) is 0 Å². The highest BCUT2D eigenvalue weighted by Crippen LogP contribution is 2.24. The number of nitrogens with zero attached hydrogens (tertiary/aromatic N) is 1. The first-order valence-electron chi connectivity index (χ1n) is 6.07. The quantitative estimate of drug-likeness (QED) is 0.777. The lowest BCUT2D eigenvalue weighted by atomic mass is 10.1. The van der Waals surface area contributed by atoms with Gasteiger partial charge in [0.1, 0.15) is 0 Å². The Labute approximate surface area is 99.4 Å². The fourth-order valence-corrected chi connectivity index (χ4v) is 2.03. The molecular weight excluding hydrogens is 236 g/mol. The molecule has 17 heavy (non-hydrogen) atoms. The van der Waals surface area contributed by atoms with Crippen LogP contribution >= 0.6 is 0 Å². The predicted octanol–water partition coefficient (Wildman–Crippen LogP) is 2.35. The number of hydrogen-bond donors (Lipinski definition) is 1. The van der Waals surface area contributed by atoms with E-state index in [9.17, 15) is 17.6 Å². The Balaban J connectivity index is 2.46. The molecule has 1 rings (SSSR count). The van der Waals surface area contributed by atoms with E-state index in [-0.39, 0.29) is 0 Å². The summed E-state index contributed by atoms with van der Waals surface area (Å²) in [5, 5.41) is 3.32. The Hall–Kier alpha value is -0.360. The zero-order valence-corrected chi connectivity index (χ0v) is 10.1. The number of hydrogen-bond acceptors (Lipinski definition) is 2. The lowest BCUT2D eigenvalue weighted by Gasteiger charge is -2.31. The largest absolute Gasteiger partial charge is 0.319 e. The lowest BCUT2D eigenvalue weighted by molar-refractivity contribution is -0.142. The molecule has 1 heterocycles. The van der Waals surface area contributed by atoms with Crippen LogP contribution in [0.1, 0.15) is 26.2 Å². The summed E-state index contributed by atoms with van der Waals surface area (Å²) in [5.74, 6) is -3.89. The van der Waals surface area contributed by atoms with Crippen molar-refractivity contribution in [3.63, 3.8) is 0 Å². The van der Waals surface area contributed by atoms with E-state index in [1.807, 2.05) is 6.92 Å². The van der Waals surface area contributed by atoms with Gasteiger partial charge < -0.3 is 5.32 Å². The molecule has 1 aliphatic heterocycles. The SMILES string of the molecule is CCC1CCN(CC(F)(F)C(F)F)CCCN1. The summed E-state index contributed by atoms with van der Waals surface area (Å²) in [5.41, 5.74) is 0. The van der Waals surface area contributed by atoms with Gasteiger partial charge in [-0.05, 0) is 38.9 Å². The van der Waals surface area contributed by atoms with Gasteiger partial charge in [-0.15, -0.1) is 0 Å². The highest BCUT2D eigenvalue weighted by Gasteiger charge is 2.42. The predicted molar refractivity (Wildman–Crippen MR) is 58.7 cm³/mol. The first-order chi connectivity index (χ1) is 7.95. The van der Waals surface area contributed by atoms with Crippen molar-refractivity contribution < 1.29 is 17.6 Å². The molecule has 1 atom stereocenters. The van der Waals surface area contributed by atoms with E-state index in [4.69, 9.17) is 0 Å². The molecule has 1 saturated heterocycles. The van der Waals surface area contributed by atoms with E-state index in [1.54, 1.807) is 0 Å². The van der Waals surface area contributed by atoms with Crippen LogP contribution < -0.4 is 5.32 Å². The van der Waals surface area contributed by atoms with E-state index in [2.05, 4.69) is 5.32 Å². The molecule has 1 N–H and O–H groups in total. The van der Waals surface area contributed by atoms with Gasteiger partial charge in [-0.3, -0.25) is 4.90 Å². The zero-order chi connectivity index (χ0) is 12.9. The molecule has 0 aromatic heterocycles. The molecule has 0 amide bonds. The van der Waals surface area contributed by atoms with Crippen LogP contribution in [-0.2, 0) is 0 Å². The summed E-state index contributed by atoms with van der Waals surface area (Å²) < 4.78 is 50.1. The molecule has 0 saturated carbocycles. The summed E-state index contributed by atoms with van der Waals surface area (Å²) in [6.45, 7) is 2.85. The van der Waals surface area contributed by atoms with E-state index < -0.39 is 18.9 Å². The molecule has 1 fully saturated rings. The topological polar surface area (TPSA) is 15.3 Å². The molecule has 6 heteroatoms. The Morgan fingerprint density at radius 2 is 2.06 bits per heavy atom. The maximum Gasteiger partial charge on any atom is 0.319 e. The van der Waals surface area contributed by atoms with Gasteiger partial charge in [-0.25, -0.2) is 8.78 Å². The van der Waals surface area contributed by atoms with Crippen molar-refractivity contribution >= 4 is 0 Å². The summed E-state index contributed by atoms with van der Waals surface area (Å²) in [7, 11) is 0. The van der Waals surface area contributed by atoms with Crippen molar-refractivity contribution in [1.82, 2.24) is 10.2 Å². The second-order valence-electron chi connectivity index (χ2n) is 4.54. The standard InChI is InChI=1S/C11H20F4N2/c1-2-9-4-7-17(6-3-5-16-9)8-11(14,15)10(12)13/h9-10,16H,2-8H2,1H3. The second-order valence-corrected chi connectivity index (χ2v) is 4.54. The molecule has 0 radical (unpaired) electrons. The van der Waals surface area contributed by atoms with Crippen LogP contribution in [-0.4, -0.2) is 49.5 Å². The molecule has 0 spiro atoms. The smallest absolute Gasteiger partial charge is 0.314 e. The van der Waals surface area contributed by atoms with E-state index in [0.29, 0.717) is 19.1 Å². The maximum atomic E-state index is 12.9. The van der Waals surface area contributed by atoms with Crippen molar-refractivity contribution in [3.8, 4) is 0 Å². The van der Waals surface area contributed by atoms with Crippen LogP contribution in [0.15, 0.2) is 0 Å². The maximum absolute atomic E-state index is 12.9. The normalized spacial score (nSPS) is 24.7. The number of alkyl halides is 4. The fraction of sp³-hybridized carbons (Fsp3) is 1.00. The van der Waals surface area contributed by atoms with Gasteiger partial charge in [-0.1, -0.05) is 6.92 Å². The average molecular weight is 256 g/mol. The molecule has 2 nitrogen and oxygen atoms in total. The van der Waals surface area contributed by atoms with Gasteiger partial charge in [0.05, 0.1) is 6.54 Å². The minimum Gasteiger partial charge on any atom is -0.314 e. The van der Waals surface area contributed by atoms with Crippen molar-refractivity contribution in [1.29, 1.82) is 0 Å². The first-order valence-corrected chi connectivity index (χ1v) is 6.07. The second kappa shape index (κ2) is 6.54. The van der Waals surface area contributed by atoms with Crippen molar-refractivity contribution in [2.75, 3.05) is 26.2 Å². The van der Waals surface area contributed by atoms with E-state index in [0.717, 1.165) is 25.8 Å². The van der Waals surface area contributed by atoms with E-state index >= 15 is 0 Å². The van der Waals surface area contributed by atoms with Crippen LogP contribution in [0.25, 0.3) is 0 Å². The van der Waals surface area contributed by atoms with Crippen molar-refractivity contribution in [3.05, 3.63) is 0 Å². The third-order valence-electron chi connectivity index (χ3n) is 3.12. The highest BCUT2D eigenvalue weighted by molar-refractivity contribution is 4.78. The van der Waals surface area contributed by atoms with Gasteiger partial charge in [-0.2, -0.15) is 8.78 Å². The van der Waals surface area contributed by atoms with Crippen LogP contribution in [0.4, 0.5) is 17.6 Å². The summed E-state index contributed by atoms with van der Waals surface area (Å²) in [4.78, 5) is 1.45. The average Bonchev–Trinajstić information content (AvgIpc) is 2.22. The number of nitrogens with one attached hydrogen (secondary N) is 1. The first kappa shape index (κ1) is 14.7. The highest BCUT2D eigenvalue weighted by atomic mass is 19.3. The zero-order valence-electron chi connectivity index (χ0n) is 10.1. The van der Waals surface area contributed by atoms with Crippen molar-refractivity contribution in [2.45, 2.75) is 44.6 Å². The monoisotopic (exact) mass is 256 g/mol. The fourth-order valence-electron chi connectivity index (χ4n) is 2.03. The molecule has 1 aliphatic rings. The number of halogens is 4. The molecule has 0 aliphatic carbocycles. The Kier molecular flexibility index (Phi) is 5.66. The molecule has 0 aromatic rings. The molecule has 0 aromatic carbocycles.